The maximum atomic E-state index is 6.58. The quantitative estimate of drug-likeness (QED) is 0.176. The first kappa shape index (κ1) is 29.8. The summed E-state index contributed by atoms with van der Waals surface area (Å²) in [6, 6.07) is 67.9. The smallest absolute Gasteiger partial charge is 0.156 e. The highest BCUT2D eigenvalue weighted by Crippen LogP contribution is 2.60. The van der Waals surface area contributed by atoms with Crippen LogP contribution in [0.1, 0.15) is 0 Å². The summed E-state index contributed by atoms with van der Waals surface area (Å²) in [4.78, 5) is 4.57. The molecule has 0 aromatic heterocycles. The minimum atomic E-state index is 0.760. The summed E-state index contributed by atoms with van der Waals surface area (Å²) in [5.74, 6) is 3.15. The lowest BCUT2D eigenvalue weighted by Crippen LogP contribution is -2.20. The Morgan fingerprint density at radius 2 is 0.750 bits per heavy atom. The Bertz CT molecular complexity index is 2410. The number of hydrogen-bond acceptors (Lipinski definition) is 4. The van der Waals surface area contributed by atoms with Gasteiger partial charge in [0.1, 0.15) is 5.69 Å². The summed E-state index contributed by atoms with van der Waals surface area (Å²) >= 11 is 0. The molecule has 4 nitrogen and oxygen atoms in total. The average molecular weight is 669 g/mol. The van der Waals surface area contributed by atoms with E-state index in [2.05, 4.69) is 168 Å². The monoisotopic (exact) mass is 668 g/mol. The van der Waals surface area contributed by atoms with Crippen LogP contribution in [0.2, 0.25) is 0 Å². The topological polar surface area (TPSA) is 24.9 Å². The van der Waals surface area contributed by atoms with Crippen LogP contribution in [0, 0.1) is 0 Å². The minimum absolute atomic E-state index is 0.760. The molecule has 2 aliphatic heterocycles. The number of benzene rings is 8. The third-order valence-electron chi connectivity index (χ3n) is 9.82. The first-order valence-corrected chi connectivity index (χ1v) is 17.5. The molecule has 0 atom stereocenters. The van der Waals surface area contributed by atoms with Crippen molar-refractivity contribution in [2.75, 3.05) is 9.80 Å². The molecule has 0 radical (unpaired) electrons. The fourth-order valence-electron chi connectivity index (χ4n) is 7.33. The highest BCUT2D eigenvalue weighted by Gasteiger charge is 2.35. The molecular weight excluding hydrogens is 637 g/mol. The van der Waals surface area contributed by atoms with E-state index in [0.717, 1.165) is 68.2 Å². The maximum absolute atomic E-state index is 6.58. The molecule has 0 amide bonds. The number of hydrogen-bond donors (Lipinski definition) is 0. The van der Waals surface area contributed by atoms with Crippen LogP contribution < -0.4 is 19.3 Å². The number of nitrogens with zero attached hydrogens (tertiary/aromatic N) is 2. The third-order valence-corrected chi connectivity index (χ3v) is 9.82. The van der Waals surface area contributed by atoms with Crippen molar-refractivity contribution >= 4 is 34.1 Å². The lowest BCUT2D eigenvalue weighted by Gasteiger charge is -2.38. The van der Waals surface area contributed by atoms with Crippen molar-refractivity contribution in [3.8, 4) is 56.4 Å². The van der Waals surface area contributed by atoms with Gasteiger partial charge in [0.25, 0.3) is 0 Å². The Kier molecular flexibility index (Phi) is 7.10. The zero-order valence-electron chi connectivity index (χ0n) is 28.2. The first-order chi connectivity index (χ1) is 25.8. The van der Waals surface area contributed by atoms with Gasteiger partial charge in [-0.05, 0) is 106 Å². The van der Waals surface area contributed by atoms with Crippen LogP contribution in [-0.2, 0) is 0 Å². The van der Waals surface area contributed by atoms with Crippen molar-refractivity contribution in [1.29, 1.82) is 0 Å². The van der Waals surface area contributed by atoms with Gasteiger partial charge < -0.3 is 14.4 Å². The van der Waals surface area contributed by atoms with Gasteiger partial charge >= 0.3 is 0 Å². The highest BCUT2D eigenvalue weighted by atomic mass is 16.5. The Labute approximate surface area is 303 Å². The molecule has 10 rings (SSSR count). The number of anilines is 6. The molecule has 0 spiro atoms. The Hall–Kier alpha value is -7.04. The minimum Gasteiger partial charge on any atom is -0.453 e. The van der Waals surface area contributed by atoms with Crippen LogP contribution in [0.4, 0.5) is 34.1 Å². The standard InChI is InChI=1S/C48H32N2O2/c1-3-12-33(13-4-1)35-22-26-39(27-23-35)49(40-28-24-36(25-29-40)34-14-5-2-6-15-34)41-17-11-16-37(30-41)38-31-46-48-47(32-38)52-45-21-10-8-19-43(45)50(48)42-18-7-9-20-44(42)51-46/h1-32H. The highest BCUT2D eigenvalue weighted by molar-refractivity contribution is 5.95. The van der Waals surface area contributed by atoms with Crippen LogP contribution in [0.25, 0.3) is 33.4 Å². The van der Waals surface area contributed by atoms with Gasteiger partial charge in [-0.15, -0.1) is 0 Å². The van der Waals surface area contributed by atoms with Crippen LogP contribution in [0.15, 0.2) is 194 Å². The first-order valence-electron chi connectivity index (χ1n) is 17.5. The average Bonchev–Trinajstić information content (AvgIpc) is 3.22. The van der Waals surface area contributed by atoms with E-state index in [1.807, 2.05) is 36.4 Å². The van der Waals surface area contributed by atoms with Crippen molar-refractivity contribution in [2.45, 2.75) is 0 Å². The molecule has 0 aliphatic carbocycles. The second-order valence-electron chi connectivity index (χ2n) is 13.0. The van der Waals surface area contributed by atoms with Crippen LogP contribution in [0.5, 0.6) is 23.0 Å². The van der Waals surface area contributed by atoms with E-state index in [4.69, 9.17) is 9.47 Å². The maximum Gasteiger partial charge on any atom is 0.156 e. The molecule has 0 fully saturated rings. The zero-order valence-corrected chi connectivity index (χ0v) is 28.2. The molecule has 0 unspecified atom stereocenters. The van der Waals surface area contributed by atoms with Gasteiger partial charge in [-0.3, -0.25) is 4.90 Å². The summed E-state index contributed by atoms with van der Waals surface area (Å²) in [5, 5.41) is 0. The molecule has 246 valence electrons. The Morgan fingerprint density at radius 1 is 0.308 bits per heavy atom. The van der Waals surface area contributed by atoms with E-state index in [1.165, 1.54) is 22.3 Å². The van der Waals surface area contributed by atoms with Gasteiger partial charge in [-0.1, -0.05) is 121 Å². The Balaban J connectivity index is 1.08. The zero-order chi connectivity index (χ0) is 34.4. The van der Waals surface area contributed by atoms with Gasteiger partial charge in [0.05, 0.1) is 11.4 Å². The third kappa shape index (κ3) is 5.17. The Morgan fingerprint density at radius 3 is 1.27 bits per heavy atom. The fraction of sp³-hybridized carbons (Fsp3) is 0. The van der Waals surface area contributed by atoms with Gasteiger partial charge in [0.2, 0.25) is 0 Å². The van der Waals surface area contributed by atoms with Gasteiger partial charge in [0, 0.05) is 17.1 Å². The van der Waals surface area contributed by atoms with E-state index in [1.54, 1.807) is 0 Å². The molecule has 0 N–H and O–H groups in total. The van der Waals surface area contributed by atoms with Gasteiger partial charge in [0.15, 0.2) is 23.0 Å². The van der Waals surface area contributed by atoms with Crippen LogP contribution in [0.3, 0.4) is 0 Å². The predicted octanol–water partition coefficient (Wildman–Crippen LogP) is 13.8. The molecule has 4 heteroatoms. The van der Waals surface area contributed by atoms with Crippen molar-refractivity contribution in [3.05, 3.63) is 194 Å². The van der Waals surface area contributed by atoms with Crippen molar-refractivity contribution < 1.29 is 9.47 Å². The normalized spacial score (nSPS) is 12.1. The molecule has 0 bridgehead atoms. The second kappa shape index (κ2) is 12.4. The van der Waals surface area contributed by atoms with Gasteiger partial charge in [-0.25, -0.2) is 0 Å². The van der Waals surface area contributed by atoms with Crippen LogP contribution in [-0.4, -0.2) is 0 Å². The molecule has 8 aromatic rings. The van der Waals surface area contributed by atoms with E-state index < -0.39 is 0 Å². The fourth-order valence-corrected chi connectivity index (χ4v) is 7.33. The number of para-hydroxylation sites is 4. The number of ether oxygens (including phenoxy) is 2. The SMILES string of the molecule is c1ccc(-c2ccc(N(c3ccc(-c4ccccc4)cc3)c3cccc(-c4cc5c6c(c4)Oc4ccccc4N6c4ccccc4O5)c3)cc2)cc1. The van der Waals surface area contributed by atoms with Crippen LogP contribution >= 0.6 is 0 Å². The molecule has 8 aromatic carbocycles. The molecular formula is C48H32N2O2. The summed E-state index contributed by atoms with van der Waals surface area (Å²) in [6.45, 7) is 0. The number of rotatable bonds is 6. The lowest BCUT2D eigenvalue weighted by atomic mass is 9.99. The molecule has 2 heterocycles. The largest absolute Gasteiger partial charge is 0.453 e. The van der Waals surface area contributed by atoms with Gasteiger partial charge in [-0.2, -0.15) is 0 Å². The summed E-state index contributed by atoms with van der Waals surface area (Å²) in [6.07, 6.45) is 0. The number of fused-ring (bicyclic) bond motifs is 4. The van der Waals surface area contributed by atoms with E-state index in [9.17, 15) is 0 Å². The molecule has 0 saturated carbocycles. The molecule has 2 aliphatic rings. The van der Waals surface area contributed by atoms with Crippen molar-refractivity contribution in [1.82, 2.24) is 0 Å². The summed E-state index contributed by atoms with van der Waals surface area (Å²) in [7, 11) is 0. The summed E-state index contributed by atoms with van der Waals surface area (Å²) < 4.78 is 13.2. The van der Waals surface area contributed by atoms with E-state index in [0.29, 0.717) is 0 Å². The molecule has 0 saturated heterocycles. The van der Waals surface area contributed by atoms with E-state index in [-0.39, 0.29) is 0 Å². The summed E-state index contributed by atoms with van der Waals surface area (Å²) in [5.41, 5.74) is 12.9. The predicted molar refractivity (Wildman–Crippen MR) is 212 cm³/mol. The van der Waals surface area contributed by atoms with Crippen molar-refractivity contribution in [3.63, 3.8) is 0 Å². The van der Waals surface area contributed by atoms with Crippen molar-refractivity contribution in [2.24, 2.45) is 0 Å². The molecule has 52 heavy (non-hydrogen) atoms. The second-order valence-corrected chi connectivity index (χ2v) is 13.0. The van der Waals surface area contributed by atoms with E-state index >= 15 is 0 Å². The lowest BCUT2D eigenvalue weighted by molar-refractivity contribution is 0.446.